The quantitative estimate of drug-likeness (QED) is 0.793. The first-order valence-electron chi connectivity index (χ1n) is 7.29. The highest BCUT2D eigenvalue weighted by Gasteiger charge is 2.39. The minimum atomic E-state index is -3.12. The monoisotopic (exact) mass is 321 g/mol. The fourth-order valence-electron chi connectivity index (χ4n) is 2.94. The summed E-state index contributed by atoms with van der Waals surface area (Å²) in [5.41, 5.74) is 1.13. The SMILES string of the molecule is Cc1nc(C(=O)N2CCS(=O)(=O)C(C)C2C)c2ccccn12. The van der Waals surface area contributed by atoms with Crippen molar-refractivity contribution < 1.29 is 13.2 Å². The Bertz CT molecular complexity index is 841. The molecule has 0 aliphatic carbocycles. The van der Waals surface area contributed by atoms with E-state index in [1.165, 1.54) is 0 Å². The minimum absolute atomic E-state index is 0.00894. The van der Waals surface area contributed by atoms with Gasteiger partial charge in [-0.1, -0.05) is 6.07 Å². The van der Waals surface area contributed by atoms with Gasteiger partial charge in [0.05, 0.1) is 16.5 Å². The van der Waals surface area contributed by atoms with Crippen molar-refractivity contribution in [1.82, 2.24) is 14.3 Å². The predicted octanol–water partition coefficient (Wildman–Crippen LogP) is 1.29. The van der Waals surface area contributed by atoms with Gasteiger partial charge in [-0.25, -0.2) is 13.4 Å². The normalized spacial score (nSPS) is 24.6. The Labute approximate surface area is 129 Å². The van der Waals surface area contributed by atoms with E-state index in [0.717, 1.165) is 11.3 Å². The standard InChI is InChI=1S/C15H19N3O3S/c1-10-11(2)22(20,21)9-8-17(10)15(19)14-13-6-4-5-7-18(13)12(3)16-14/h4-7,10-11H,8-9H2,1-3H3. The van der Waals surface area contributed by atoms with Gasteiger partial charge in [-0.05, 0) is 32.9 Å². The number of hydrogen-bond acceptors (Lipinski definition) is 4. The molecule has 0 aromatic carbocycles. The van der Waals surface area contributed by atoms with Crippen LogP contribution in [-0.4, -0.2) is 52.2 Å². The zero-order valence-electron chi connectivity index (χ0n) is 12.9. The molecule has 1 aliphatic rings. The minimum Gasteiger partial charge on any atom is -0.332 e. The second-order valence-electron chi connectivity index (χ2n) is 5.77. The Hall–Kier alpha value is -1.89. The third-order valence-electron chi connectivity index (χ3n) is 4.54. The maximum absolute atomic E-state index is 12.8. The molecule has 0 bridgehead atoms. The molecule has 1 amide bonds. The lowest BCUT2D eigenvalue weighted by Gasteiger charge is -2.37. The molecule has 0 N–H and O–H groups in total. The number of hydrogen-bond donors (Lipinski definition) is 0. The number of carbonyl (C=O) groups excluding carboxylic acids is 1. The molecule has 3 heterocycles. The number of sulfone groups is 1. The molecule has 0 saturated carbocycles. The Morgan fingerprint density at radius 1 is 1.32 bits per heavy atom. The van der Waals surface area contributed by atoms with E-state index in [1.54, 1.807) is 18.7 Å². The molecule has 0 radical (unpaired) electrons. The van der Waals surface area contributed by atoms with Gasteiger partial charge in [-0.3, -0.25) is 4.79 Å². The summed E-state index contributed by atoms with van der Waals surface area (Å²) in [6, 6.07) is 5.24. The summed E-state index contributed by atoms with van der Waals surface area (Å²) in [6.45, 7) is 5.51. The van der Waals surface area contributed by atoms with Crippen molar-refractivity contribution in [2.45, 2.75) is 32.1 Å². The highest BCUT2D eigenvalue weighted by molar-refractivity contribution is 7.92. The van der Waals surface area contributed by atoms with Crippen LogP contribution in [0.15, 0.2) is 24.4 Å². The molecule has 1 aliphatic heterocycles. The molecule has 6 nitrogen and oxygen atoms in total. The molecule has 2 unspecified atom stereocenters. The summed E-state index contributed by atoms with van der Waals surface area (Å²) >= 11 is 0. The van der Waals surface area contributed by atoms with Gasteiger partial charge in [0.1, 0.15) is 5.82 Å². The van der Waals surface area contributed by atoms with Gasteiger partial charge >= 0.3 is 0 Å². The highest BCUT2D eigenvalue weighted by Crippen LogP contribution is 2.23. The third kappa shape index (κ3) is 2.20. The number of carbonyl (C=O) groups is 1. The topological polar surface area (TPSA) is 71.8 Å². The van der Waals surface area contributed by atoms with Crippen LogP contribution in [-0.2, 0) is 9.84 Å². The fourth-order valence-corrected chi connectivity index (χ4v) is 4.51. The van der Waals surface area contributed by atoms with Gasteiger partial charge in [0.25, 0.3) is 5.91 Å². The Balaban J connectivity index is 2.00. The molecular formula is C15H19N3O3S. The number of nitrogens with zero attached hydrogens (tertiary/aromatic N) is 3. The highest BCUT2D eigenvalue weighted by atomic mass is 32.2. The first-order chi connectivity index (χ1) is 10.3. The van der Waals surface area contributed by atoms with Crippen LogP contribution in [0, 0.1) is 6.92 Å². The van der Waals surface area contributed by atoms with Crippen LogP contribution in [0.2, 0.25) is 0 Å². The molecule has 3 rings (SSSR count). The number of amides is 1. The van der Waals surface area contributed by atoms with Crippen LogP contribution in [0.5, 0.6) is 0 Å². The van der Waals surface area contributed by atoms with E-state index < -0.39 is 15.1 Å². The molecule has 1 fully saturated rings. The summed E-state index contributed by atoms with van der Waals surface area (Å²) in [5, 5.41) is -0.555. The average Bonchev–Trinajstić information content (AvgIpc) is 2.82. The summed E-state index contributed by atoms with van der Waals surface area (Å²) in [5.74, 6) is 0.546. The predicted molar refractivity (Wildman–Crippen MR) is 83.7 cm³/mol. The van der Waals surface area contributed by atoms with E-state index in [4.69, 9.17) is 0 Å². The van der Waals surface area contributed by atoms with Crippen LogP contribution in [0.1, 0.15) is 30.2 Å². The number of imidazole rings is 1. The summed E-state index contributed by atoms with van der Waals surface area (Å²) in [6.07, 6.45) is 1.86. The van der Waals surface area contributed by atoms with Crippen molar-refractivity contribution >= 4 is 21.3 Å². The molecule has 118 valence electrons. The van der Waals surface area contributed by atoms with Crippen molar-refractivity contribution in [2.75, 3.05) is 12.3 Å². The number of pyridine rings is 1. The maximum atomic E-state index is 12.8. The van der Waals surface area contributed by atoms with Crippen molar-refractivity contribution in [3.05, 3.63) is 35.9 Å². The van der Waals surface area contributed by atoms with E-state index in [0.29, 0.717) is 5.69 Å². The molecular weight excluding hydrogens is 302 g/mol. The van der Waals surface area contributed by atoms with Crippen molar-refractivity contribution in [2.24, 2.45) is 0 Å². The third-order valence-corrected chi connectivity index (χ3v) is 6.82. The second kappa shape index (κ2) is 5.08. The van der Waals surface area contributed by atoms with E-state index in [2.05, 4.69) is 4.98 Å². The van der Waals surface area contributed by atoms with Gasteiger partial charge in [0.15, 0.2) is 15.5 Å². The van der Waals surface area contributed by atoms with Crippen LogP contribution < -0.4 is 0 Å². The van der Waals surface area contributed by atoms with Crippen molar-refractivity contribution in [1.29, 1.82) is 0 Å². The number of aromatic nitrogens is 2. The van der Waals surface area contributed by atoms with Gasteiger partial charge in [-0.15, -0.1) is 0 Å². The largest absolute Gasteiger partial charge is 0.332 e. The molecule has 7 heteroatoms. The summed E-state index contributed by atoms with van der Waals surface area (Å²) in [4.78, 5) is 18.9. The lowest BCUT2D eigenvalue weighted by atomic mass is 10.2. The van der Waals surface area contributed by atoms with Crippen LogP contribution in [0.4, 0.5) is 0 Å². The number of fused-ring (bicyclic) bond motifs is 1. The van der Waals surface area contributed by atoms with Gasteiger partial charge in [-0.2, -0.15) is 0 Å². The van der Waals surface area contributed by atoms with Crippen molar-refractivity contribution in [3.63, 3.8) is 0 Å². The van der Waals surface area contributed by atoms with Gasteiger partial charge in [0.2, 0.25) is 0 Å². The fraction of sp³-hybridized carbons (Fsp3) is 0.467. The van der Waals surface area contributed by atoms with Gasteiger partial charge < -0.3 is 9.30 Å². The Kier molecular flexibility index (Phi) is 3.47. The van der Waals surface area contributed by atoms with Gasteiger partial charge in [0, 0.05) is 18.8 Å². The molecule has 1 saturated heterocycles. The smallest absolute Gasteiger partial charge is 0.275 e. The van der Waals surface area contributed by atoms with E-state index in [9.17, 15) is 13.2 Å². The molecule has 0 spiro atoms. The van der Waals surface area contributed by atoms with E-state index in [-0.39, 0.29) is 24.2 Å². The maximum Gasteiger partial charge on any atom is 0.275 e. The Morgan fingerprint density at radius 3 is 2.77 bits per heavy atom. The molecule has 2 atom stereocenters. The summed E-state index contributed by atoms with van der Waals surface area (Å²) in [7, 11) is -3.12. The van der Waals surface area contributed by atoms with Crippen LogP contribution in [0.25, 0.3) is 5.52 Å². The van der Waals surface area contributed by atoms with Crippen molar-refractivity contribution in [3.8, 4) is 0 Å². The number of rotatable bonds is 1. The molecule has 2 aromatic rings. The lowest BCUT2D eigenvalue weighted by molar-refractivity contribution is 0.0689. The van der Waals surface area contributed by atoms with E-state index in [1.807, 2.05) is 35.7 Å². The molecule has 22 heavy (non-hydrogen) atoms. The number of aryl methyl sites for hydroxylation is 1. The van der Waals surface area contributed by atoms with E-state index >= 15 is 0 Å². The first-order valence-corrected chi connectivity index (χ1v) is 9.00. The molecule has 2 aromatic heterocycles. The average molecular weight is 321 g/mol. The lowest BCUT2D eigenvalue weighted by Crippen LogP contribution is -2.54. The first kappa shape index (κ1) is 15.0. The van der Waals surface area contributed by atoms with Crippen LogP contribution >= 0.6 is 0 Å². The zero-order chi connectivity index (χ0) is 16.1. The van der Waals surface area contributed by atoms with Crippen LogP contribution in [0.3, 0.4) is 0 Å². The zero-order valence-corrected chi connectivity index (χ0v) is 13.7. The Morgan fingerprint density at radius 2 is 2.05 bits per heavy atom. The summed E-state index contributed by atoms with van der Waals surface area (Å²) < 4.78 is 25.8. The second-order valence-corrected chi connectivity index (χ2v) is 8.25.